The van der Waals surface area contributed by atoms with Crippen molar-refractivity contribution in [3.05, 3.63) is 34.3 Å². The summed E-state index contributed by atoms with van der Waals surface area (Å²) in [7, 11) is 9.98. The molecule has 1 aromatic rings. The van der Waals surface area contributed by atoms with E-state index in [4.69, 9.17) is 16.3 Å². The van der Waals surface area contributed by atoms with E-state index in [9.17, 15) is 41.9 Å². The highest BCUT2D eigenvalue weighted by atomic mass is 35.5. The minimum absolute atomic E-state index is 0.0283. The van der Waals surface area contributed by atoms with Crippen LogP contribution >= 0.6 is 11.6 Å². The second kappa shape index (κ2) is 34.9. The van der Waals surface area contributed by atoms with Crippen molar-refractivity contribution < 1.29 is 75.4 Å². The van der Waals surface area contributed by atoms with Gasteiger partial charge in [0, 0.05) is 55.9 Å². The number of morpholine rings is 1. The smallest absolute Gasteiger partial charge is 0.377 e. The first-order chi connectivity index (χ1) is 47.8. The van der Waals surface area contributed by atoms with Gasteiger partial charge in [-0.15, -0.1) is 0 Å². The van der Waals surface area contributed by atoms with Gasteiger partial charge in [0.2, 0.25) is 70.9 Å². The minimum Gasteiger partial charge on any atom is -0.377 e. The summed E-state index contributed by atoms with van der Waals surface area (Å²) >= 11 is 6.16. The van der Waals surface area contributed by atoms with Crippen LogP contribution < -0.4 is 16.0 Å². The normalized spacial score (nSPS) is 28.5. The van der Waals surface area contributed by atoms with E-state index in [0.717, 1.165) is 71.8 Å². The predicted molar refractivity (Wildman–Crippen MR) is 368 cm³/mol. The van der Waals surface area contributed by atoms with Crippen molar-refractivity contribution in [2.75, 3.05) is 88.7 Å². The molecule has 7 aliphatic rings. The molecule has 4 saturated heterocycles. The van der Waals surface area contributed by atoms with Gasteiger partial charge < -0.3 is 64.8 Å². The standard InChI is InChI=1S/C72H108ClF3N12O13/c1-11-21-53-63(93)78-61(44(3)12-2)68(98)82(6)40-59(91)80(4)41-60(92)84(8)55(37-45-22-16-17-23-45)66(96)81(5)39-57(89)77-52(32-28-46-27-31-50(51(73)36-46)72(74,75)76)65(95)87-35-20-26-54(87)64(94)79-71(33-18-19-34-71)70(100)86(10)62(47-24-14-13-15-25-47)69(99)85(9)56(38-58(90)83(53)7)67(97)88-48-29-30-49(88)43-101-42-48/h27,31,36,44-45,47-49,52-56,61-62H,11-26,28-30,32-35,37-43H2,1-10H3,(H,77,89)(H,78,93)(H,79,94)/t44-,48?,49?,52-,53-,54-,55-,56-,61-,62-/m0/s1. The molecule has 8 rings (SSSR count). The molecule has 1 aromatic carbocycles. The lowest BCUT2D eigenvalue weighted by molar-refractivity contribution is -0.159. The monoisotopic (exact) mass is 1440 g/mol. The van der Waals surface area contributed by atoms with E-state index < -0.39 is 173 Å². The van der Waals surface area contributed by atoms with Crippen LogP contribution in [0.25, 0.3) is 0 Å². The maximum absolute atomic E-state index is 15.9. The van der Waals surface area contributed by atoms with Gasteiger partial charge in [-0.1, -0.05) is 109 Å². The molecule has 4 aliphatic heterocycles. The Hall–Kier alpha value is -7.10. The van der Waals surface area contributed by atoms with Crippen LogP contribution in [-0.4, -0.2) is 264 Å². The van der Waals surface area contributed by atoms with Crippen molar-refractivity contribution in [3.63, 3.8) is 0 Å². The molecule has 7 fully saturated rings. The van der Waals surface area contributed by atoms with Crippen LogP contribution in [0.1, 0.15) is 180 Å². The highest BCUT2D eigenvalue weighted by Crippen LogP contribution is 2.39. The number of benzene rings is 1. The average molecular weight is 1440 g/mol. The SMILES string of the molecule is CCC[C@H]1C(=O)N[C@@H]([C@@H](C)CC)C(=O)N(C)CC(=O)N(C)CC(=O)N(C)[C@@H](CC2CCCC2)C(=O)N(C)CC(=O)N[C@@H](CCc2ccc(C(F)(F)F)c(Cl)c2)C(=O)N2CCC[C@H]2C(=O)NC2(CCCC2)C(=O)N(C)[C@@H](C2CCCCC2)C(=O)N(C)[C@H](C(=O)N2C3CCC2COC3)CC(=O)N1C. The van der Waals surface area contributed by atoms with Gasteiger partial charge in [-0.3, -0.25) is 57.5 Å². The lowest BCUT2D eigenvalue weighted by Gasteiger charge is -2.44. The Morgan fingerprint density at radius 2 is 1.26 bits per heavy atom. The maximum Gasteiger partial charge on any atom is 0.417 e. The second-order valence-corrected chi connectivity index (χ2v) is 30.2. The van der Waals surface area contributed by atoms with E-state index in [1.165, 1.54) is 79.9 Å². The van der Waals surface area contributed by atoms with Crippen LogP contribution in [0.15, 0.2) is 18.2 Å². The lowest BCUT2D eigenvalue weighted by Crippen LogP contribution is -2.65. The lowest BCUT2D eigenvalue weighted by atomic mass is 9.81. The van der Waals surface area contributed by atoms with Gasteiger partial charge in [0.05, 0.1) is 61.9 Å². The fourth-order valence-corrected chi connectivity index (χ4v) is 16.7. The van der Waals surface area contributed by atoms with Gasteiger partial charge >= 0.3 is 6.18 Å². The van der Waals surface area contributed by atoms with E-state index >= 15 is 28.8 Å². The number of aryl methyl sites for hydroxylation is 1. The molecule has 3 aliphatic carbocycles. The van der Waals surface area contributed by atoms with Gasteiger partial charge in [0.15, 0.2) is 0 Å². The molecule has 10 atom stereocenters. The van der Waals surface area contributed by atoms with Gasteiger partial charge in [0.25, 0.3) is 0 Å². The number of nitrogens with zero attached hydrogens (tertiary/aromatic N) is 9. The third-order valence-electron chi connectivity index (χ3n) is 22.8. The van der Waals surface area contributed by atoms with Crippen molar-refractivity contribution in [1.82, 2.24) is 60.0 Å². The number of alkyl halides is 3. The number of halogens is 4. The largest absolute Gasteiger partial charge is 0.417 e. The zero-order valence-corrected chi connectivity index (χ0v) is 61.5. The number of hydrogen-bond donors (Lipinski definition) is 3. The van der Waals surface area contributed by atoms with Gasteiger partial charge in [-0.2, -0.15) is 13.2 Å². The van der Waals surface area contributed by atoms with E-state index in [1.807, 2.05) is 13.8 Å². The van der Waals surface area contributed by atoms with E-state index in [2.05, 4.69) is 16.0 Å². The number of carbonyl (C=O) groups excluding carboxylic acids is 12. The third-order valence-corrected chi connectivity index (χ3v) is 23.1. The number of nitrogens with one attached hydrogen (secondary N) is 3. The van der Waals surface area contributed by atoms with Crippen molar-refractivity contribution in [2.45, 2.75) is 241 Å². The van der Waals surface area contributed by atoms with E-state index in [0.29, 0.717) is 63.4 Å². The van der Waals surface area contributed by atoms with Gasteiger partial charge in [-0.05, 0) is 112 Å². The zero-order valence-electron chi connectivity index (χ0n) is 60.7. The summed E-state index contributed by atoms with van der Waals surface area (Å²) in [5.41, 5.74) is -2.35. The molecular weight excluding hydrogens is 1330 g/mol. The molecule has 0 radical (unpaired) electrons. The van der Waals surface area contributed by atoms with Crippen LogP contribution in [0.5, 0.6) is 0 Å². The Labute approximate surface area is 597 Å². The number of hydrogen-bond acceptors (Lipinski definition) is 13. The summed E-state index contributed by atoms with van der Waals surface area (Å²) in [4.78, 5) is 191. The molecule has 101 heavy (non-hydrogen) atoms. The number of amides is 12. The molecule has 4 heterocycles. The quantitative estimate of drug-likeness (QED) is 0.258. The van der Waals surface area contributed by atoms with Crippen molar-refractivity contribution in [1.29, 1.82) is 0 Å². The van der Waals surface area contributed by atoms with Gasteiger partial charge in [-0.25, -0.2) is 0 Å². The highest BCUT2D eigenvalue weighted by Gasteiger charge is 2.53. The molecule has 2 bridgehead atoms. The van der Waals surface area contributed by atoms with Crippen molar-refractivity contribution >= 4 is 82.5 Å². The summed E-state index contributed by atoms with van der Waals surface area (Å²) in [5.74, 6) is -8.61. The van der Waals surface area contributed by atoms with Crippen LogP contribution in [0.3, 0.4) is 0 Å². The minimum atomic E-state index is -4.76. The number of likely N-dealkylation sites (N-methyl/N-ethyl adjacent to an activating group) is 7. The molecule has 12 amide bonds. The fraction of sp³-hybridized carbons (Fsp3) is 0.750. The predicted octanol–water partition coefficient (Wildman–Crippen LogP) is 5.16. The Morgan fingerprint density at radius 1 is 0.644 bits per heavy atom. The Kier molecular flexibility index (Phi) is 27.5. The van der Waals surface area contributed by atoms with Crippen LogP contribution in [-0.2, 0) is 74.9 Å². The van der Waals surface area contributed by atoms with E-state index in [-0.39, 0.29) is 82.7 Å². The van der Waals surface area contributed by atoms with Crippen LogP contribution in [0.4, 0.5) is 13.2 Å². The molecule has 1 spiro atoms. The summed E-state index contributed by atoms with van der Waals surface area (Å²) in [6.07, 6.45) is 5.42. The molecule has 3 saturated carbocycles. The summed E-state index contributed by atoms with van der Waals surface area (Å²) in [6, 6.07) is -6.27. The molecule has 0 aromatic heterocycles. The first-order valence-corrected chi connectivity index (χ1v) is 37.0. The Balaban J connectivity index is 1.17. The molecule has 2 unspecified atom stereocenters. The average Bonchev–Trinajstić information content (AvgIpc) is 1.75. The molecular formula is C72H108ClF3N12O13. The molecule has 3 N–H and O–H groups in total. The zero-order chi connectivity index (χ0) is 73.9. The summed E-state index contributed by atoms with van der Waals surface area (Å²) < 4.78 is 47.5. The third kappa shape index (κ3) is 18.8. The number of carbonyl (C=O) groups is 12. The van der Waals surface area contributed by atoms with Crippen LogP contribution in [0, 0.1) is 17.8 Å². The Bertz CT molecular complexity index is 3180. The number of rotatable bonds is 11. The van der Waals surface area contributed by atoms with Crippen molar-refractivity contribution in [3.8, 4) is 0 Å². The van der Waals surface area contributed by atoms with Crippen LogP contribution in [0.2, 0.25) is 5.02 Å². The van der Waals surface area contributed by atoms with E-state index in [1.54, 1.807) is 11.8 Å². The first kappa shape index (κ1) is 79.6. The molecule has 29 heteroatoms. The van der Waals surface area contributed by atoms with Crippen molar-refractivity contribution in [2.24, 2.45) is 17.8 Å². The topological polar surface area (TPSA) is 279 Å². The number of ether oxygens (including phenoxy) is 1. The molecule has 25 nitrogen and oxygen atoms in total. The summed E-state index contributed by atoms with van der Waals surface area (Å²) in [6.45, 7) is 4.27. The summed E-state index contributed by atoms with van der Waals surface area (Å²) in [5, 5.41) is 8.17. The second-order valence-electron chi connectivity index (χ2n) is 29.8. The molecule has 562 valence electrons. The van der Waals surface area contributed by atoms with Gasteiger partial charge in [0.1, 0.15) is 47.8 Å². The fourth-order valence-electron chi connectivity index (χ4n) is 16.4. The number of fused-ring (bicyclic) bond motifs is 3. The Morgan fingerprint density at radius 3 is 1.87 bits per heavy atom. The maximum atomic E-state index is 15.9. The highest BCUT2D eigenvalue weighted by molar-refractivity contribution is 6.31. The first-order valence-electron chi connectivity index (χ1n) is 36.6.